The van der Waals surface area contributed by atoms with Gasteiger partial charge >= 0.3 is 0 Å². The zero-order valence-corrected chi connectivity index (χ0v) is 13.1. The first-order valence-electron chi connectivity index (χ1n) is 7.05. The van der Waals surface area contributed by atoms with Gasteiger partial charge in [-0.2, -0.15) is 0 Å². The number of fused-ring (bicyclic) bond motifs is 1. The van der Waals surface area contributed by atoms with Crippen molar-refractivity contribution in [2.24, 2.45) is 5.92 Å². The Balaban J connectivity index is 2.23. The van der Waals surface area contributed by atoms with Gasteiger partial charge < -0.3 is 14.2 Å². The van der Waals surface area contributed by atoms with Gasteiger partial charge in [-0.05, 0) is 17.7 Å². The summed E-state index contributed by atoms with van der Waals surface area (Å²) >= 11 is 0. The van der Waals surface area contributed by atoms with Crippen LogP contribution in [0.25, 0.3) is 0 Å². The first-order chi connectivity index (χ1) is 10.5. The Morgan fingerprint density at radius 1 is 1.18 bits per heavy atom. The first-order valence-corrected chi connectivity index (χ1v) is 7.05. The predicted molar refractivity (Wildman–Crippen MR) is 77.3 cm³/mol. The van der Waals surface area contributed by atoms with Gasteiger partial charge in [-0.15, -0.1) is 0 Å². The summed E-state index contributed by atoms with van der Waals surface area (Å²) in [5.41, 5.74) is -0.480. The minimum absolute atomic E-state index is 0.197. The monoisotopic (exact) mass is 305 g/mol. The van der Waals surface area contributed by atoms with Crippen molar-refractivity contribution in [2.45, 2.75) is 17.6 Å². The number of methoxy groups -OCH3 is 3. The van der Waals surface area contributed by atoms with Gasteiger partial charge in [0.25, 0.3) is 0 Å². The number of carbonyl (C=O) groups excluding carboxylic acids is 2. The lowest BCUT2D eigenvalue weighted by Gasteiger charge is -2.56. The van der Waals surface area contributed by atoms with Crippen molar-refractivity contribution >= 4 is 11.8 Å². The van der Waals surface area contributed by atoms with Crippen LogP contribution in [0.3, 0.4) is 0 Å². The maximum atomic E-state index is 12.9. The number of carbonyl (C=O) groups is 2. The molecule has 0 radical (unpaired) electrons. The van der Waals surface area contributed by atoms with Gasteiger partial charge in [0.05, 0.1) is 13.0 Å². The van der Waals surface area contributed by atoms with Gasteiger partial charge in [0.2, 0.25) is 11.8 Å². The highest BCUT2D eigenvalue weighted by Crippen LogP contribution is 2.62. The lowest BCUT2D eigenvalue weighted by Crippen LogP contribution is -2.70. The molecule has 0 N–H and O–H groups in total. The van der Waals surface area contributed by atoms with E-state index in [0.717, 1.165) is 0 Å². The van der Waals surface area contributed by atoms with Crippen LogP contribution < -0.4 is 4.74 Å². The van der Waals surface area contributed by atoms with Crippen molar-refractivity contribution in [1.82, 2.24) is 4.90 Å². The molecule has 0 bridgehead atoms. The molecule has 1 aromatic rings. The molecule has 2 aliphatic rings. The molecule has 3 rings (SSSR count). The largest absolute Gasteiger partial charge is 0.497 e. The molecule has 0 spiro atoms. The number of hydrogen-bond donors (Lipinski definition) is 0. The van der Waals surface area contributed by atoms with E-state index < -0.39 is 17.1 Å². The molecule has 6 nitrogen and oxygen atoms in total. The van der Waals surface area contributed by atoms with E-state index in [-0.39, 0.29) is 11.8 Å². The minimum Gasteiger partial charge on any atom is -0.497 e. The molecule has 1 aliphatic heterocycles. The van der Waals surface area contributed by atoms with Gasteiger partial charge in [0.1, 0.15) is 11.2 Å². The number of amides is 2. The predicted octanol–water partition coefficient (Wildman–Crippen LogP) is 0.941. The summed E-state index contributed by atoms with van der Waals surface area (Å²) in [4.78, 5) is 26.5. The van der Waals surface area contributed by atoms with Crippen LogP contribution in [0.5, 0.6) is 5.75 Å². The molecule has 1 saturated heterocycles. The van der Waals surface area contributed by atoms with E-state index in [1.54, 1.807) is 25.3 Å². The van der Waals surface area contributed by atoms with Crippen molar-refractivity contribution in [1.29, 1.82) is 0 Å². The maximum absolute atomic E-state index is 12.9. The van der Waals surface area contributed by atoms with Gasteiger partial charge in [-0.25, -0.2) is 0 Å². The van der Waals surface area contributed by atoms with Crippen LogP contribution in [-0.2, 0) is 24.5 Å². The number of likely N-dealkylation sites (N-methyl/N-ethyl adjacent to an activating group) is 1. The van der Waals surface area contributed by atoms with Crippen molar-refractivity contribution in [3.8, 4) is 5.75 Å². The van der Waals surface area contributed by atoms with E-state index >= 15 is 0 Å². The van der Waals surface area contributed by atoms with Gasteiger partial charge in [0.15, 0.2) is 5.79 Å². The third-order valence-electron chi connectivity index (χ3n) is 5.05. The van der Waals surface area contributed by atoms with Crippen molar-refractivity contribution in [2.75, 3.05) is 28.4 Å². The molecule has 6 heteroatoms. The Kier molecular flexibility index (Phi) is 3.27. The standard InChI is InChI=1S/C16H19NO5/c1-17-13(18)12-9-15(21-3,22-4)16(12,14(17)19)10-6-5-7-11(8-10)20-2/h5-8,12H,9H2,1-4H3. The average Bonchev–Trinajstić information content (AvgIpc) is 2.68. The Bertz CT molecular complexity index is 639. The highest BCUT2D eigenvalue weighted by atomic mass is 16.7. The number of likely N-dealkylation sites (tertiary alicyclic amines) is 1. The summed E-state index contributed by atoms with van der Waals surface area (Å²) in [5.74, 6) is -1.49. The second-order valence-corrected chi connectivity index (χ2v) is 5.66. The molecule has 2 atom stereocenters. The molecule has 0 aromatic heterocycles. The Morgan fingerprint density at radius 3 is 2.41 bits per heavy atom. The molecule has 1 aromatic carbocycles. The molecule has 2 amide bonds. The Morgan fingerprint density at radius 2 is 1.86 bits per heavy atom. The van der Waals surface area contributed by atoms with Crippen molar-refractivity contribution in [3.63, 3.8) is 0 Å². The third-order valence-corrected chi connectivity index (χ3v) is 5.05. The van der Waals surface area contributed by atoms with Crippen LogP contribution in [0.1, 0.15) is 12.0 Å². The lowest BCUT2D eigenvalue weighted by molar-refractivity contribution is -0.305. The number of benzene rings is 1. The van der Waals surface area contributed by atoms with E-state index in [4.69, 9.17) is 14.2 Å². The summed E-state index contributed by atoms with van der Waals surface area (Å²) < 4.78 is 16.4. The van der Waals surface area contributed by atoms with Crippen LogP contribution in [-0.4, -0.2) is 50.9 Å². The fourth-order valence-electron chi connectivity index (χ4n) is 3.88. The second kappa shape index (κ2) is 4.79. The minimum atomic E-state index is -1.16. The fraction of sp³-hybridized carbons (Fsp3) is 0.500. The van der Waals surface area contributed by atoms with Gasteiger partial charge in [-0.3, -0.25) is 14.5 Å². The average molecular weight is 305 g/mol. The van der Waals surface area contributed by atoms with E-state index in [2.05, 4.69) is 0 Å². The van der Waals surface area contributed by atoms with Crippen LogP contribution in [0, 0.1) is 5.92 Å². The normalized spacial score (nSPS) is 29.3. The van der Waals surface area contributed by atoms with E-state index in [0.29, 0.717) is 17.7 Å². The van der Waals surface area contributed by atoms with E-state index in [1.807, 2.05) is 6.07 Å². The van der Waals surface area contributed by atoms with Crippen LogP contribution in [0.15, 0.2) is 24.3 Å². The third kappa shape index (κ3) is 1.46. The van der Waals surface area contributed by atoms with Crippen LogP contribution in [0.2, 0.25) is 0 Å². The van der Waals surface area contributed by atoms with E-state index in [1.165, 1.54) is 26.2 Å². The highest BCUT2D eigenvalue weighted by Gasteiger charge is 2.79. The lowest BCUT2D eigenvalue weighted by atomic mass is 9.53. The summed E-state index contributed by atoms with van der Waals surface area (Å²) in [6.07, 6.45) is 0.353. The number of imide groups is 1. The summed E-state index contributed by atoms with van der Waals surface area (Å²) in [7, 11) is 6.05. The van der Waals surface area contributed by atoms with Gasteiger partial charge in [-0.1, -0.05) is 12.1 Å². The maximum Gasteiger partial charge on any atom is 0.245 e. The first kappa shape index (κ1) is 15.0. The highest BCUT2D eigenvalue weighted by molar-refractivity contribution is 6.12. The quantitative estimate of drug-likeness (QED) is 0.612. The fourth-order valence-corrected chi connectivity index (χ4v) is 3.88. The molecule has 1 saturated carbocycles. The molecule has 22 heavy (non-hydrogen) atoms. The molecule has 1 heterocycles. The number of ether oxygens (including phenoxy) is 3. The summed E-state index contributed by atoms with van der Waals surface area (Å²) in [5, 5.41) is 0. The van der Waals surface area contributed by atoms with Crippen LogP contribution >= 0.6 is 0 Å². The second-order valence-electron chi connectivity index (χ2n) is 5.66. The van der Waals surface area contributed by atoms with Crippen LogP contribution in [0.4, 0.5) is 0 Å². The summed E-state index contributed by atoms with van der Waals surface area (Å²) in [6, 6.07) is 7.17. The SMILES string of the molecule is COc1cccc(C23C(=O)N(C)C(=O)C2CC3(OC)OC)c1. The van der Waals surface area contributed by atoms with E-state index in [9.17, 15) is 9.59 Å². The molecular formula is C16H19NO5. The zero-order valence-electron chi connectivity index (χ0n) is 13.1. The zero-order chi connectivity index (χ0) is 16.1. The number of nitrogens with zero attached hydrogens (tertiary/aromatic N) is 1. The number of rotatable bonds is 4. The van der Waals surface area contributed by atoms with Gasteiger partial charge in [0, 0.05) is 27.7 Å². The molecule has 2 unspecified atom stereocenters. The molecule has 1 aliphatic carbocycles. The summed E-state index contributed by atoms with van der Waals surface area (Å²) in [6.45, 7) is 0. The topological polar surface area (TPSA) is 65.1 Å². The molecule has 2 fully saturated rings. The molecule has 118 valence electrons. The smallest absolute Gasteiger partial charge is 0.245 e. The van der Waals surface area contributed by atoms with Crippen molar-refractivity contribution < 1.29 is 23.8 Å². The molecular weight excluding hydrogens is 286 g/mol. The Hall–Kier alpha value is -1.92. The Labute approximate surface area is 128 Å². The number of hydrogen-bond acceptors (Lipinski definition) is 5. The van der Waals surface area contributed by atoms with Crippen molar-refractivity contribution in [3.05, 3.63) is 29.8 Å².